The van der Waals surface area contributed by atoms with Crippen molar-refractivity contribution in [3.8, 4) is 0 Å². The van der Waals surface area contributed by atoms with Crippen molar-refractivity contribution in [2.24, 2.45) is 0 Å². The summed E-state index contributed by atoms with van der Waals surface area (Å²) in [6.45, 7) is -1.16. The SMILES string of the molecule is O=P1(O)C[C@@H](O)[C@H](O)[C@H](O)C1(O)CO. The van der Waals surface area contributed by atoms with Gasteiger partial charge in [-0.15, -0.1) is 0 Å². The van der Waals surface area contributed by atoms with E-state index in [-0.39, 0.29) is 0 Å². The molecule has 1 aliphatic heterocycles. The third kappa shape index (κ3) is 1.51. The van der Waals surface area contributed by atoms with Crippen molar-refractivity contribution >= 4 is 7.37 Å². The first-order chi connectivity index (χ1) is 6.26. The van der Waals surface area contributed by atoms with Crippen LogP contribution in [0.4, 0.5) is 0 Å². The van der Waals surface area contributed by atoms with Gasteiger partial charge in [0.25, 0.3) is 0 Å². The minimum atomic E-state index is -4.31. The highest BCUT2D eigenvalue weighted by Gasteiger charge is 2.59. The highest BCUT2D eigenvalue weighted by molar-refractivity contribution is 7.59. The average Bonchev–Trinajstić information content (AvgIpc) is 2.11. The predicted octanol–water partition coefficient (Wildman–Crippen LogP) is -2.97. The van der Waals surface area contributed by atoms with Gasteiger partial charge in [0.05, 0.1) is 18.9 Å². The highest BCUT2D eigenvalue weighted by atomic mass is 31.2. The molecule has 1 aliphatic rings. The Morgan fingerprint density at radius 1 is 1.36 bits per heavy atom. The summed E-state index contributed by atoms with van der Waals surface area (Å²) >= 11 is 0. The summed E-state index contributed by atoms with van der Waals surface area (Å²) in [5, 5.41) is 43.0. The van der Waals surface area contributed by atoms with Gasteiger partial charge < -0.3 is 30.4 Å². The number of aliphatic hydroxyl groups is 5. The number of rotatable bonds is 1. The maximum atomic E-state index is 11.4. The van der Waals surface area contributed by atoms with Gasteiger partial charge in [-0.1, -0.05) is 0 Å². The van der Waals surface area contributed by atoms with Crippen LogP contribution in [0.15, 0.2) is 0 Å². The first-order valence-corrected chi connectivity index (χ1v) is 5.80. The molecule has 7 nitrogen and oxygen atoms in total. The molecule has 1 heterocycles. The molecule has 5 atom stereocenters. The second-order valence-corrected chi connectivity index (χ2v) is 5.97. The molecular weight excluding hydrogens is 215 g/mol. The fraction of sp³-hybridized carbons (Fsp3) is 1.00. The molecule has 0 aromatic rings. The van der Waals surface area contributed by atoms with Crippen LogP contribution in [0.25, 0.3) is 0 Å². The van der Waals surface area contributed by atoms with Crippen molar-refractivity contribution < 1.29 is 35.0 Å². The van der Waals surface area contributed by atoms with Crippen molar-refractivity contribution in [1.82, 2.24) is 0 Å². The Hall–Kier alpha value is -0.0100. The van der Waals surface area contributed by atoms with Crippen LogP contribution in [0, 0.1) is 0 Å². The first-order valence-electron chi connectivity index (χ1n) is 3.95. The average molecular weight is 228 g/mol. The molecule has 14 heavy (non-hydrogen) atoms. The largest absolute Gasteiger partial charge is 0.393 e. The van der Waals surface area contributed by atoms with Crippen molar-refractivity contribution in [3.05, 3.63) is 0 Å². The molecule has 6 N–H and O–H groups in total. The van der Waals surface area contributed by atoms with E-state index in [4.69, 9.17) is 15.3 Å². The molecule has 0 aliphatic carbocycles. The summed E-state index contributed by atoms with van der Waals surface area (Å²) in [5.41, 5.74) is 0. The summed E-state index contributed by atoms with van der Waals surface area (Å²) in [6.07, 6.45) is -6.15. The second kappa shape index (κ2) is 3.53. The van der Waals surface area contributed by atoms with Gasteiger partial charge in [0.1, 0.15) is 12.2 Å². The van der Waals surface area contributed by atoms with Crippen LogP contribution in [0.2, 0.25) is 0 Å². The Kier molecular flexibility index (Phi) is 3.04. The van der Waals surface area contributed by atoms with Gasteiger partial charge in [0.15, 0.2) is 5.34 Å². The predicted molar refractivity (Wildman–Crippen MR) is 44.7 cm³/mol. The van der Waals surface area contributed by atoms with Crippen molar-refractivity contribution in [3.63, 3.8) is 0 Å². The zero-order valence-electron chi connectivity index (χ0n) is 7.19. The van der Waals surface area contributed by atoms with E-state index in [1.165, 1.54) is 0 Å². The van der Waals surface area contributed by atoms with Gasteiger partial charge in [0.2, 0.25) is 7.37 Å². The molecule has 8 heteroatoms. The third-order valence-corrected chi connectivity index (χ3v) is 4.95. The van der Waals surface area contributed by atoms with Gasteiger partial charge in [-0.2, -0.15) is 0 Å². The van der Waals surface area contributed by atoms with Crippen LogP contribution < -0.4 is 0 Å². The summed E-state index contributed by atoms with van der Waals surface area (Å²) < 4.78 is 11.4. The van der Waals surface area contributed by atoms with Gasteiger partial charge in [-0.25, -0.2) is 0 Å². The van der Waals surface area contributed by atoms with E-state index in [9.17, 15) is 19.7 Å². The number of aliphatic hydroxyl groups excluding tert-OH is 4. The molecule has 0 amide bonds. The molecule has 1 saturated heterocycles. The quantitative estimate of drug-likeness (QED) is 0.263. The van der Waals surface area contributed by atoms with Gasteiger partial charge >= 0.3 is 0 Å². The smallest absolute Gasteiger partial charge is 0.239 e. The number of hydrogen-bond donors (Lipinski definition) is 6. The van der Waals surface area contributed by atoms with E-state index in [0.29, 0.717) is 0 Å². The van der Waals surface area contributed by atoms with Gasteiger partial charge in [0, 0.05) is 0 Å². The second-order valence-electron chi connectivity index (χ2n) is 3.42. The summed E-state index contributed by atoms with van der Waals surface area (Å²) in [4.78, 5) is 9.27. The topological polar surface area (TPSA) is 138 Å². The molecule has 2 unspecified atom stereocenters. The minimum absolute atomic E-state index is 0.762. The molecule has 0 aromatic heterocycles. The maximum Gasteiger partial charge on any atom is 0.239 e. The van der Waals surface area contributed by atoms with Gasteiger partial charge in [-0.05, 0) is 0 Å². The Labute approximate surface area is 79.7 Å². The van der Waals surface area contributed by atoms with E-state index in [2.05, 4.69) is 0 Å². The molecule has 1 fully saturated rings. The van der Waals surface area contributed by atoms with Crippen LogP contribution in [-0.4, -0.2) is 66.8 Å². The van der Waals surface area contributed by atoms with E-state index >= 15 is 0 Å². The zero-order valence-corrected chi connectivity index (χ0v) is 8.08. The fourth-order valence-corrected chi connectivity index (χ4v) is 3.24. The van der Waals surface area contributed by atoms with Crippen LogP contribution in [-0.2, 0) is 4.57 Å². The molecule has 84 valence electrons. The normalized spacial score (nSPS) is 54.6. The molecule has 0 saturated carbocycles. The molecule has 0 aromatic carbocycles. The molecular formula is C6H13O7P. The maximum absolute atomic E-state index is 11.4. The summed E-state index contributed by atoms with van der Waals surface area (Å²) in [7, 11) is -4.31. The molecule has 0 radical (unpaired) electrons. The Morgan fingerprint density at radius 3 is 2.29 bits per heavy atom. The van der Waals surface area contributed by atoms with Crippen molar-refractivity contribution in [2.75, 3.05) is 12.8 Å². The lowest BCUT2D eigenvalue weighted by Crippen LogP contribution is -2.60. The monoisotopic (exact) mass is 228 g/mol. The fourth-order valence-electron chi connectivity index (χ4n) is 1.41. The lowest BCUT2D eigenvalue weighted by Gasteiger charge is -2.43. The van der Waals surface area contributed by atoms with Crippen molar-refractivity contribution in [1.29, 1.82) is 0 Å². The van der Waals surface area contributed by atoms with Gasteiger partial charge in [-0.3, -0.25) is 4.57 Å². The Bertz CT molecular complexity index is 269. The van der Waals surface area contributed by atoms with E-state index in [1.807, 2.05) is 0 Å². The lowest BCUT2D eigenvalue weighted by atomic mass is 10.0. The van der Waals surface area contributed by atoms with Crippen LogP contribution in [0.3, 0.4) is 0 Å². The molecule has 0 spiro atoms. The summed E-state index contributed by atoms with van der Waals surface area (Å²) in [5.74, 6) is 0. The third-order valence-electron chi connectivity index (χ3n) is 2.46. The van der Waals surface area contributed by atoms with Crippen molar-refractivity contribution in [2.45, 2.75) is 23.7 Å². The zero-order chi connectivity index (χ0) is 11.1. The summed E-state index contributed by atoms with van der Waals surface area (Å²) in [6, 6.07) is 0. The Balaban J connectivity index is 3.09. The van der Waals surface area contributed by atoms with E-state index in [1.54, 1.807) is 0 Å². The first kappa shape index (κ1) is 12.1. The molecule has 1 rings (SSSR count). The standard InChI is InChI=1S/C6H13O7P/c7-2-6(11)5(10)4(9)3(8)1-14(6,12)13/h3-5,7-11H,1-2H2,(H,12,13)/t3-,4+,5+,6?/m1/s1. The Morgan fingerprint density at radius 2 is 1.86 bits per heavy atom. The van der Waals surface area contributed by atoms with E-state index in [0.717, 1.165) is 0 Å². The van der Waals surface area contributed by atoms with Crippen LogP contribution in [0.5, 0.6) is 0 Å². The number of hydrogen-bond acceptors (Lipinski definition) is 6. The lowest BCUT2D eigenvalue weighted by molar-refractivity contribution is -0.143. The minimum Gasteiger partial charge on any atom is -0.393 e. The molecule has 0 bridgehead atoms. The van der Waals surface area contributed by atoms with Crippen LogP contribution in [0.1, 0.15) is 0 Å². The highest BCUT2D eigenvalue weighted by Crippen LogP contribution is 2.58. The van der Waals surface area contributed by atoms with Crippen LogP contribution >= 0.6 is 7.37 Å². The van der Waals surface area contributed by atoms with E-state index < -0.39 is 43.8 Å².